The topological polar surface area (TPSA) is 80.9 Å². The predicted octanol–water partition coefficient (Wildman–Crippen LogP) is 2.09. The summed E-state index contributed by atoms with van der Waals surface area (Å²) < 4.78 is 37.2. The zero-order chi connectivity index (χ0) is 16.2. The zero-order valence-electron chi connectivity index (χ0n) is 11.3. The third-order valence-electron chi connectivity index (χ3n) is 2.61. The Bertz CT molecular complexity index is 638. The van der Waals surface area contributed by atoms with Crippen molar-refractivity contribution in [2.24, 2.45) is 5.73 Å². The summed E-state index contributed by atoms with van der Waals surface area (Å²) in [6.07, 6.45) is -3.58. The van der Waals surface area contributed by atoms with Gasteiger partial charge in [0.2, 0.25) is 0 Å². The molecule has 2 aromatic rings. The van der Waals surface area contributed by atoms with Crippen LogP contribution in [0, 0.1) is 0 Å². The van der Waals surface area contributed by atoms with Gasteiger partial charge >= 0.3 is 6.18 Å². The lowest BCUT2D eigenvalue weighted by Gasteiger charge is -2.02. The minimum atomic E-state index is -4.43. The van der Waals surface area contributed by atoms with E-state index in [9.17, 15) is 18.0 Å². The van der Waals surface area contributed by atoms with Crippen LogP contribution in [0.5, 0.6) is 0 Å². The van der Waals surface area contributed by atoms with Crippen LogP contribution in [-0.2, 0) is 19.0 Å². The van der Waals surface area contributed by atoms with Crippen molar-refractivity contribution in [3.8, 4) is 0 Å². The number of alkyl halides is 3. The molecule has 0 saturated heterocycles. The highest BCUT2D eigenvalue weighted by Crippen LogP contribution is 2.29. The van der Waals surface area contributed by atoms with E-state index in [1.807, 2.05) is 0 Å². The summed E-state index contributed by atoms with van der Waals surface area (Å²) in [6.45, 7) is 0.660. The van der Waals surface area contributed by atoms with E-state index < -0.39 is 11.9 Å². The standard InChI is InChI=1S/C12H13F3N4OS2/c13-12(14,15)8-6-22-10(19-8)2-4-17-11(20)7-5-21-9(18-7)1-3-16/h5-6H,1-4,16H2,(H,17,20). The number of amides is 1. The molecule has 0 unspecified atom stereocenters. The second-order valence-electron chi connectivity index (χ2n) is 4.30. The van der Waals surface area contributed by atoms with E-state index in [0.717, 1.165) is 21.7 Å². The molecule has 2 heterocycles. The van der Waals surface area contributed by atoms with Crippen molar-refractivity contribution in [3.63, 3.8) is 0 Å². The largest absolute Gasteiger partial charge is 0.434 e. The summed E-state index contributed by atoms with van der Waals surface area (Å²) in [5.74, 6) is -0.355. The fourth-order valence-corrected chi connectivity index (χ4v) is 3.18. The van der Waals surface area contributed by atoms with Crippen LogP contribution in [0.4, 0.5) is 13.2 Å². The van der Waals surface area contributed by atoms with E-state index in [0.29, 0.717) is 23.7 Å². The van der Waals surface area contributed by atoms with Crippen molar-refractivity contribution in [2.75, 3.05) is 13.1 Å². The average Bonchev–Trinajstić information content (AvgIpc) is 3.07. The predicted molar refractivity (Wildman–Crippen MR) is 78.0 cm³/mol. The van der Waals surface area contributed by atoms with E-state index in [1.165, 1.54) is 11.3 Å². The summed E-state index contributed by atoms with van der Waals surface area (Å²) in [5, 5.41) is 6.32. The van der Waals surface area contributed by atoms with E-state index >= 15 is 0 Å². The van der Waals surface area contributed by atoms with Crippen LogP contribution in [0.2, 0.25) is 0 Å². The zero-order valence-corrected chi connectivity index (χ0v) is 12.9. The molecule has 5 nitrogen and oxygen atoms in total. The Hall–Kier alpha value is -1.52. The van der Waals surface area contributed by atoms with Gasteiger partial charge in [-0.2, -0.15) is 13.2 Å². The van der Waals surface area contributed by atoms with Crippen LogP contribution in [0.1, 0.15) is 26.2 Å². The van der Waals surface area contributed by atoms with Crippen molar-refractivity contribution >= 4 is 28.6 Å². The summed E-state index contributed by atoms with van der Waals surface area (Å²) in [5.41, 5.74) is 4.80. The highest BCUT2D eigenvalue weighted by Gasteiger charge is 2.33. The maximum absolute atomic E-state index is 12.4. The van der Waals surface area contributed by atoms with Gasteiger partial charge in [0, 0.05) is 30.1 Å². The van der Waals surface area contributed by atoms with Gasteiger partial charge < -0.3 is 11.1 Å². The number of rotatable bonds is 6. The molecule has 0 fully saturated rings. The number of nitrogens with zero attached hydrogens (tertiary/aromatic N) is 2. The summed E-state index contributed by atoms with van der Waals surface area (Å²) in [6, 6.07) is 0. The molecular formula is C12H13F3N4OS2. The maximum Gasteiger partial charge on any atom is 0.434 e. The molecule has 0 radical (unpaired) electrons. The smallest absolute Gasteiger partial charge is 0.350 e. The van der Waals surface area contributed by atoms with Gasteiger partial charge in [-0.15, -0.1) is 22.7 Å². The molecule has 120 valence electrons. The van der Waals surface area contributed by atoms with Crippen LogP contribution in [0.25, 0.3) is 0 Å². The van der Waals surface area contributed by atoms with Crippen LogP contribution < -0.4 is 11.1 Å². The van der Waals surface area contributed by atoms with E-state index in [-0.39, 0.29) is 18.9 Å². The molecule has 0 aliphatic carbocycles. The Morgan fingerprint density at radius 3 is 2.50 bits per heavy atom. The fourth-order valence-electron chi connectivity index (χ4n) is 1.58. The highest BCUT2D eigenvalue weighted by atomic mass is 32.1. The normalized spacial score (nSPS) is 11.6. The van der Waals surface area contributed by atoms with Crippen molar-refractivity contribution in [3.05, 3.63) is 32.2 Å². The van der Waals surface area contributed by atoms with Gasteiger partial charge in [-0.25, -0.2) is 9.97 Å². The number of carbonyl (C=O) groups is 1. The third-order valence-corrected chi connectivity index (χ3v) is 4.43. The van der Waals surface area contributed by atoms with E-state index in [1.54, 1.807) is 5.38 Å². The van der Waals surface area contributed by atoms with Gasteiger partial charge in [0.25, 0.3) is 5.91 Å². The molecule has 1 amide bonds. The quantitative estimate of drug-likeness (QED) is 0.836. The number of carbonyl (C=O) groups excluding carboxylic acids is 1. The Morgan fingerprint density at radius 1 is 1.18 bits per heavy atom. The van der Waals surface area contributed by atoms with E-state index in [4.69, 9.17) is 5.73 Å². The van der Waals surface area contributed by atoms with Gasteiger partial charge in [0.1, 0.15) is 5.69 Å². The number of thiazole rings is 2. The summed E-state index contributed by atoms with van der Waals surface area (Å²) >= 11 is 2.28. The van der Waals surface area contributed by atoms with Gasteiger partial charge in [0.15, 0.2) is 5.69 Å². The number of nitrogens with two attached hydrogens (primary N) is 1. The molecule has 0 aliphatic rings. The first-order valence-electron chi connectivity index (χ1n) is 6.34. The number of hydrogen-bond donors (Lipinski definition) is 2. The molecule has 0 aromatic carbocycles. The fraction of sp³-hybridized carbons (Fsp3) is 0.417. The monoisotopic (exact) mass is 350 g/mol. The van der Waals surface area contributed by atoms with Gasteiger partial charge in [-0.3, -0.25) is 4.79 Å². The second-order valence-corrected chi connectivity index (χ2v) is 6.18. The lowest BCUT2D eigenvalue weighted by atomic mass is 10.4. The molecule has 10 heteroatoms. The maximum atomic E-state index is 12.4. The van der Waals surface area contributed by atoms with Crippen molar-refractivity contribution < 1.29 is 18.0 Å². The Labute approximate surface area is 132 Å². The minimum Gasteiger partial charge on any atom is -0.350 e. The molecule has 3 N–H and O–H groups in total. The molecule has 0 bridgehead atoms. The molecule has 0 atom stereocenters. The molecule has 22 heavy (non-hydrogen) atoms. The Balaban J connectivity index is 1.82. The first-order valence-corrected chi connectivity index (χ1v) is 8.10. The summed E-state index contributed by atoms with van der Waals surface area (Å²) in [7, 11) is 0. The second kappa shape index (κ2) is 7.16. The lowest BCUT2D eigenvalue weighted by molar-refractivity contribution is -0.140. The first kappa shape index (κ1) is 16.8. The van der Waals surface area contributed by atoms with Crippen LogP contribution in [0.15, 0.2) is 10.8 Å². The number of aromatic nitrogens is 2. The van der Waals surface area contributed by atoms with Crippen molar-refractivity contribution in [1.29, 1.82) is 0 Å². The van der Waals surface area contributed by atoms with Crippen LogP contribution in [-0.4, -0.2) is 29.0 Å². The number of hydrogen-bond acceptors (Lipinski definition) is 6. The van der Waals surface area contributed by atoms with Crippen LogP contribution in [0.3, 0.4) is 0 Å². The molecular weight excluding hydrogens is 337 g/mol. The molecule has 0 saturated carbocycles. The van der Waals surface area contributed by atoms with Crippen molar-refractivity contribution in [2.45, 2.75) is 19.0 Å². The third kappa shape index (κ3) is 4.49. The van der Waals surface area contributed by atoms with Gasteiger partial charge in [-0.1, -0.05) is 0 Å². The van der Waals surface area contributed by atoms with Crippen molar-refractivity contribution in [1.82, 2.24) is 15.3 Å². The van der Waals surface area contributed by atoms with E-state index in [2.05, 4.69) is 15.3 Å². The van der Waals surface area contributed by atoms with Gasteiger partial charge in [0.05, 0.1) is 10.0 Å². The highest BCUT2D eigenvalue weighted by molar-refractivity contribution is 7.10. The SMILES string of the molecule is NCCc1nc(C(=O)NCCc2nc(C(F)(F)F)cs2)cs1. The average molecular weight is 350 g/mol. The van der Waals surface area contributed by atoms with Crippen LogP contribution >= 0.6 is 22.7 Å². The summed E-state index contributed by atoms with van der Waals surface area (Å²) in [4.78, 5) is 19.4. The Morgan fingerprint density at radius 2 is 1.86 bits per heavy atom. The first-order chi connectivity index (χ1) is 10.4. The minimum absolute atomic E-state index is 0.202. The molecule has 0 spiro atoms. The molecule has 2 aromatic heterocycles. The van der Waals surface area contributed by atoms with Gasteiger partial charge in [-0.05, 0) is 6.54 Å². The Kier molecular flexibility index (Phi) is 5.48. The molecule has 0 aliphatic heterocycles. The number of nitrogens with one attached hydrogen (secondary N) is 1. The number of halogens is 3. The lowest BCUT2D eigenvalue weighted by Crippen LogP contribution is -2.26. The molecule has 2 rings (SSSR count).